The highest BCUT2D eigenvalue weighted by molar-refractivity contribution is 9.10. The van der Waals surface area contributed by atoms with Crippen molar-refractivity contribution in [2.75, 3.05) is 12.3 Å². The number of nitrogens with two attached hydrogens (primary N) is 1. The molecule has 0 aliphatic heterocycles. The van der Waals surface area contributed by atoms with Gasteiger partial charge in [-0.15, -0.1) is 0 Å². The first-order chi connectivity index (χ1) is 8.19. The highest BCUT2D eigenvalue weighted by atomic mass is 79.9. The number of benzene rings is 1. The van der Waals surface area contributed by atoms with E-state index in [4.69, 9.17) is 11.0 Å². The molecule has 0 spiro atoms. The molecular weight excluding hydrogens is 278 g/mol. The number of rotatable bonds is 5. The molecule has 0 atom stereocenters. The van der Waals surface area contributed by atoms with Gasteiger partial charge in [-0.25, -0.2) is 0 Å². The topological polar surface area (TPSA) is 53.0 Å². The second-order valence-electron chi connectivity index (χ2n) is 4.50. The van der Waals surface area contributed by atoms with Crippen molar-refractivity contribution in [1.29, 1.82) is 5.26 Å². The fraction of sp³-hybridized carbons (Fsp3) is 0.462. The molecule has 1 aliphatic carbocycles. The number of hydrogen-bond donors (Lipinski definition) is 1. The van der Waals surface area contributed by atoms with Crippen LogP contribution >= 0.6 is 15.9 Å². The Balaban J connectivity index is 2.03. The van der Waals surface area contributed by atoms with Crippen molar-refractivity contribution in [1.82, 2.24) is 4.90 Å². The summed E-state index contributed by atoms with van der Waals surface area (Å²) in [6.45, 7) is 1.74. The SMILES string of the molecule is N#CCCN(Cc1cc(N)cc(Br)c1)C1CC1. The second-order valence-corrected chi connectivity index (χ2v) is 5.42. The van der Waals surface area contributed by atoms with Crippen LogP contribution in [0.2, 0.25) is 0 Å². The van der Waals surface area contributed by atoms with Gasteiger partial charge < -0.3 is 5.73 Å². The fourth-order valence-corrected chi connectivity index (χ4v) is 2.58. The average molecular weight is 294 g/mol. The van der Waals surface area contributed by atoms with E-state index >= 15 is 0 Å². The van der Waals surface area contributed by atoms with E-state index in [0.29, 0.717) is 12.5 Å². The van der Waals surface area contributed by atoms with Crippen molar-refractivity contribution in [2.45, 2.75) is 31.8 Å². The molecule has 0 unspecified atom stereocenters. The molecule has 1 aromatic rings. The van der Waals surface area contributed by atoms with E-state index in [-0.39, 0.29) is 0 Å². The summed E-state index contributed by atoms with van der Waals surface area (Å²) >= 11 is 3.46. The lowest BCUT2D eigenvalue weighted by Gasteiger charge is -2.21. The molecule has 17 heavy (non-hydrogen) atoms. The highest BCUT2D eigenvalue weighted by Crippen LogP contribution is 2.29. The smallest absolute Gasteiger partial charge is 0.0635 e. The number of nitriles is 1. The zero-order valence-corrected chi connectivity index (χ0v) is 11.3. The number of nitrogen functional groups attached to an aromatic ring is 1. The summed E-state index contributed by atoms with van der Waals surface area (Å²) < 4.78 is 1.02. The summed E-state index contributed by atoms with van der Waals surface area (Å²) in [6, 6.07) is 8.89. The summed E-state index contributed by atoms with van der Waals surface area (Å²) in [5.41, 5.74) is 7.82. The van der Waals surface area contributed by atoms with E-state index in [0.717, 1.165) is 23.2 Å². The van der Waals surface area contributed by atoms with Crippen molar-refractivity contribution in [3.05, 3.63) is 28.2 Å². The molecule has 0 saturated heterocycles. The molecule has 1 fully saturated rings. The minimum Gasteiger partial charge on any atom is -0.399 e. The van der Waals surface area contributed by atoms with Gasteiger partial charge in [0.1, 0.15) is 0 Å². The van der Waals surface area contributed by atoms with Crippen molar-refractivity contribution >= 4 is 21.6 Å². The third-order valence-electron chi connectivity index (χ3n) is 2.94. The predicted octanol–water partition coefficient (Wildman–Crippen LogP) is 2.91. The minimum atomic E-state index is 0.597. The first-order valence-electron chi connectivity index (χ1n) is 5.85. The molecule has 1 saturated carbocycles. The molecule has 3 nitrogen and oxygen atoms in total. The first-order valence-corrected chi connectivity index (χ1v) is 6.64. The zero-order chi connectivity index (χ0) is 12.3. The second kappa shape index (κ2) is 5.52. The summed E-state index contributed by atoms with van der Waals surface area (Å²) in [5.74, 6) is 0. The van der Waals surface area contributed by atoms with Gasteiger partial charge in [-0.3, -0.25) is 4.90 Å². The van der Waals surface area contributed by atoms with E-state index in [1.54, 1.807) is 0 Å². The fourth-order valence-electron chi connectivity index (χ4n) is 2.03. The molecule has 90 valence electrons. The van der Waals surface area contributed by atoms with E-state index in [1.807, 2.05) is 12.1 Å². The Kier molecular flexibility index (Phi) is 4.03. The predicted molar refractivity (Wildman–Crippen MR) is 72.2 cm³/mol. The molecule has 0 radical (unpaired) electrons. The highest BCUT2D eigenvalue weighted by Gasteiger charge is 2.28. The average Bonchev–Trinajstić information content (AvgIpc) is 3.06. The molecule has 4 heteroatoms. The van der Waals surface area contributed by atoms with Gasteiger partial charge in [-0.05, 0) is 36.6 Å². The Morgan fingerprint density at radius 2 is 2.18 bits per heavy atom. The standard InChI is InChI=1S/C13H16BrN3/c14-11-6-10(7-12(16)8-11)9-17(5-1-4-15)13-2-3-13/h6-8,13H,1-3,5,9,16H2. The van der Waals surface area contributed by atoms with E-state index < -0.39 is 0 Å². The van der Waals surface area contributed by atoms with Crippen LogP contribution in [0.5, 0.6) is 0 Å². The maximum absolute atomic E-state index is 8.67. The summed E-state index contributed by atoms with van der Waals surface area (Å²) in [4.78, 5) is 2.38. The third kappa shape index (κ3) is 3.72. The molecule has 0 amide bonds. The maximum atomic E-state index is 8.67. The molecular formula is C13H16BrN3. The van der Waals surface area contributed by atoms with Gasteiger partial charge in [0.05, 0.1) is 6.07 Å². The van der Waals surface area contributed by atoms with Gasteiger partial charge in [0, 0.05) is 35.7 Å². The Hall–Kier alpha value is -1.05. The van der Waals surface area contributed by atoms with Crippen LogP contribution in [0.15, 0.2) is 22.7 Å². The van der Waals surface area contributed by atoms with Crippen LogP contribution in [0.4, 0.5) is 5.69 Å². The minimum absolute atomic E-state index is 0.597. The summed E-state index contributed by atoms with van der Waals surface area (Å²) in [5, 5.41) is 8.67. The lowest BCUT2D eigenvalue weighted by Crippen LogP contribution is -2.26. The molecule has 0 heterocycles. The molecule has 1 aliphatic rings. The lowest BCUT2D eigenvalue weighted by atomic mass is 10.2. The summed E-state index contributed by atoms with van der Waals surface area (Å²) in [6.07, 6.45) is 3.11. The Labute approximate surface area is 110 Å². The third-order valence-corrected chi connectivity index (χ3v) is 3.40. The van der Waals surface area contributed by atoms with E-state index in [9.17, 15) is 0 Å². The Bertz CT molecular complexity index is 415. The lowest BCUT2D eigenvalue weighted by molar-refractivity contribution is 0.261. The van der Waals surface area contributed by atoms with E-state index in [1.165, 1.54) is 18.4 Å². The molecule has 2 rings (SSSR count). The molecule has 2 N–H and O–H groups in total. The Morgan fingerprint density at radius 3 is 2.76 bits per heavy atom. The number of nitrogens with zero attached hydrogens (tertiary/aromatic N) is 2. The number of halogens is 1. The van der Waals surface area contributed by atoms with Gasteiger partial charge in [-0.2, -0.15) is 5.26 Å². The maximum Gasteiger partial charge on any atom is 0.0635 e. The Morgan fingerprint density at radius 1 is 1.41 bits per heavy atom. The van der Waals surface area contributed by atoms with Crippen LogP contribution in [-0.2, 0) is 6.54 Å². The quantitative estimate of drug-likeness (QED) is 0.850. The molecule has 1 aromatic carbocycles. The number of hydrogen-bond acceptors (Lipinski definition) is 3. The van der Waals surface area contributed by atoms with Gasteiger partial charge in [0.15, 0.2) is 0 Å². The monoisotopic (exact) mass is 293 g/mol. The van der Waals surface area contributed by atoms with Crippen LogP contribution in [-0.4, -0.2) is 17.5 Å². The van der Waals surface area contributed by atoms with Gasteiger partial charge in [0.25, 0.3) is 0 Å². The molecule has 0 bridgehead atoms. The van der Waals surface area contributed by atoms with E-state index in [2.05, 4.69) is 33.0 Å². The normalized spacial score (nSPS) is 14.9. The van der Waals surface area contributed by atoms with Crippen LogP contribution in [0.1, 0.15) is 24.8 Å². The van der Waals surface area contributed by atoms with Crippen molar-refractivity contribution in [3.8, 4) is 6.07 Å². The largest absolute Gasteiger partial charge is 0.399 e. The first kappa shape index (κ1) is 12.4. The van der Waals surface area contributed by atoms with Gasteiger partial charge >= 0.3 is 0 Å². The van der Waals surface area contributed by atoms with Crippen LogP contribution in [0.25, 0.3) is 0 Å². The zero-order valence-electron chi connectivity index (χ0n) is 9.69. The number of anilines is 1. The van der Waals surface area contributed by atoms with Crippen LogP contribution in [0.3, 0.4) is 0 Å². The van der Waals surface area contributed by atoms with Crippen LogP contribution in [0, 0.1) is 11.3 Å². The summed E-state index contributed by atoms with van der Waals surface area (Å²) in [7, 11) is 0. The van der Waals surface area contributed by atoms with Gasteiger partial charge in [0.2, 0.25) is 0 Å². The molecule has 0 aromatic heterocycles. The van der Waals surface area contributed by atoms with Crippen molar-refractivity contribution in [2.24, 2.45) is 0 Å². The van der Waals surface area contributed by atoms with Crippen molar-refractivity contribution < 1.29 is 0 Å². The van der Waals surface area contributed by atoms with Crippen molar-refractivity contribution in [3.63, 3.8) is 0 Å². The van der Waals surface area contributed by atoms with Crippen LogP contribution < -0.4 is 5.73 Å². The van der Waals surface area contributed by atoms with Gasteiger partial charge in [-0.1, -0.05) is 15.9 Å².